The minimum atomic E-state index is -3.62. The molecule has 102 valence electrons. The largest absolute Gasteiger partial charge is 0.315 e. The Labute approximate surface area is 114 Å². The topological polar surface area (TPSA) is 91.9 Å². The molecule has 0 aliphatic heterocycles. The van der Waals surface area contributed by atoms with Gasteiger partial charge in [-0.1, -0.05) is 17.4 Å². The van der Waals surface area contributed by atoms with E-state index in [9.17, 15) is 13.2 Å². The van der Waals surface area contributed by atoms with Gasteiger partial charge in [0.2, 0.25) is 0 Å². The van der Waals surface area contributed by atoms with Crippen LogP contribution in [0, 0.1) is 6.92 Å². The molecular formula is C11H13N3O3S2. The Morgan fingerprint density at radius 2 is 2.26 bits per heavy atom. The molecule has 6 nitrogen and oxygen atoms in total. The fraction of sp³-hybridized carbons (Fsp3) is 0.273. The molecule has 2 aromatic heterocycles. The van der Waals surface area contributed by atoms with Crippen molar-refractivity contribution in [2.45, 2.75) is 17.6 Å². The normalized spacial score (nSPS) is 11.6. The van der Waals surface area contributed by atoms with E-state index in [1.54, 1.807) is 25.4 Å². The zero-order chi connectivity index (χ0) is 13.9. The highest BCUT2D eigenvalue weighted by molar-refractivity contribution is 7.91. The van der Waals surface area contributed by atoms with Crippen LogP contribution < -0.4 is 9.60 Å². The van der Waals surface area contributed by atoms with Gasteiger partial charge in [-0.25, -0.2) is 13.1 Å². The number of nitrogens with one attached hydrogen (secondary N) is 2. The zero-order valence-electron chi connectivity index (χ0n) is 10.2. The molecule has 0 bridgehead atoms. The van der Waals surface area contributed by atoms with Crippen molar-refractivity contribution in [3.63, 3.8) is 0 Å². The Morgan fingerprint density at radius 1 is 1.47 bits per heavy atom. The molecule has 2 heterocycles. The number of pyridine rings is 1. The highest BCUT2D eigenvalue weighted by Gasteiger charge is 2.19. The third-order valence-electron chi connectivity index (χ3n) is 2.45. The molecule has 0 radical (unpaired) electrons. The molecule has 0 atom stereocenters. The van der Waals surface area contributed by atoms with Crippen LogP contribution in [0.3, 0.4) is 0 Å². The van der Waals surface area contributed by atoms with Gasteiger partial charge in [-0.05, 0) is 25.0 Å². The van der Waals surface area contributed by atoms with Gasteiger partial charge in [-0.3, -0.25) is 9.78 Å². The number of aryl methyl sites for hydroxylation is 1. The van der Waals surface area contributed by atoms with E-state index in [0.29, 0.717) is 23.5 Å². The Kier molecular flexibility index (Phi) is 4.13. The predicted molar refractivity (Wildman–Crippen MR) is 72.8 cm³/mol. The van der Waals surface area contributed by atoms with Crippen LogP contribution in [0.4, 0.5) is 0 Å². The van der Waals surface area contributed by atoms with Crippen molar-refractivity contribution in [1.82, 2.24) is 14.7 Å². The molecule has 8 heteroatoms. The lowest BCUT2D eigenvalue weighted by molar-refractivity contribution is 0.583. The average Bonchev–Trinajstić information content (AvgIpc) is 2.70. The lowest BCUT2D eigenvalue weighted by Gasteiger charge is -2.05. The number of sulfonamides is 1. The molecule has 0 spiro atoms. The summed E-state index contributed by atoms with van der Waals surface area (Å²) < 4.78 is 26.5. The van der Waals surface area contributed by atoms with E-state index in [4.69, 9.17) is 0 Å². The maximum absolute atomic E-state index is 12.0. The minimum absolute atomic E-state index is 0.0451. The molecule has 0 aliphatic carbocycles. The third-order valence-corrected chi connectivity index (χ3v) is 5.52. The summed E-state index contributed by atoms with van der Waals surface area (Å²) in [5.74, 6) is 0. The Bertz CT molecular complexity index is 704. The summed E-state index contributed by atoms with van der Waals surface area (Å²) in [6.07, 6.45) is 3.90. The molecule has 19 heavy (non-hydrogen) atoms. The molecular weight excluding hydrogens is 286 g/mol. The quantitative estimate of drug-likeness (QED) is 0.848. The van der Waals surface area contributed by atoms with Gasteiger partial charge in [0.1, 0.15) is 0 Å². The molecule has 0 fully saturated rings. The summed E-state index contributed by atoms with van der Waals surface area (Å²) in [7, 11) is -3.62. The summed E-state index contributed by atoms with van der Waals surface area (Å²) in [5, 5.41) is 0. The first-order valence-electron chi connectivity index (χ1n) is 5.57. The van der Waals surface area contributed by atoms with Crippen molar-refractivity contribution in [1.29, 1.82) is 0 Å². The lowest BCUT2D eigenvalue weighted by Crippen LogP contribution is -2.25. The number of hydrogen-bond donors (Lipinski definition) is 2. The summed E-state index contributed by atoms with van der Waals surface area (Å²) in [5.41, 5.74) is 1.31. The smallest absolute Gasteiger partial charge is 0.305 e. The standard InChI is InChI=1S/C11H13N3O3S2/c1-8-10(18-11(15)14-8)19(16,17)13-6-4-9-3-2-5-12-7-9/h2-3,5,7,13H,4,6H2,1H3,(H,14,15). The van der Waals surface area contributed by atoms with E-state index in [1.807, 2.05) is 6.07 Å². The van der Waals surface area contributed by atoms with E-state index in [2.05, 4.69) is 14.7 Å². The summed E-state index contributed by atoms with van der Waals surface area (Å²) in [6.45, 7) is 1.83. The molecule has 0 aromatic carbocycles. The maximum Gasteiger partial charge on any atom is 0.305 e. The predicted octanol–water partition coefficient (Wildman–Crippen LogP) is 0.661. The van der Waals surface area contributed by atoms with Gasteiger partial charge in [0.05, 0.1) is 0 Å². The summed E-state index contributed by atoms with van der Waals surface area (Å²) >= 11 is 0.694. The van der Waals surface area contributed by atoms with Crippen LogP contribution in [-0.4, -0.2) is 24.9 Å². The van der Waals surface area contributed by atoms with Crippen LogP contribution in [0.15, 0.2) is 33.5 Å². The summed E-state index contributed by atoms with van der Waals surface area (Å²) in [4.78, 5) is 17.2. The van der Waals surface area contributed by atoms with Crippen LogP contribution in [0.1, 0.15) is 11.3 Å². The molecule has 2 rings (SSSR count). The Balaban J connectivity index is 2.03. The van der Waals surface area contributed by atoms with Gasteiger partial charge in [0.25, 0.3) is 10.0 Å². The fourth-order valence-electron chi connectivity index (χ4n) is 1.59. The minimum Gasteiger partial charge on any atom is -0.315 e. The lowest BCUT2D eigenvalue weighted by atomic mass is 10.2. The second-order valence-electron chi connectivity index (χ2n) is 3.94. The van der Waals surface area contributed by atoms with Crippen molar-refractivity contribution in [3.8, 4) is 0 Å². The number of H-pyrrole nitrogens is 1. The van der Waals surface area contributed by atoms with Crippen LogP contribution in [0.25, 0.3) is 0 Å². The molecule has 0 saturated heterocycles. The molecule has 2 aromatic rings. The molecule has 0 amide bonds. The number of rotatable bonds is 5. The number of hydrogen-bond acceptors (Lipinski definition) is 5. The molecule has 0 aliphatic rings. The van der Waals surface area contributed by atoms with E-state index in [1.165, 1.54) is 0 Å². The van der Waals surface area contributed by atoms with Crippen LogP contribution in [-0.2, 0) is 16.4 Å². The highest BCUT2D eigenvalue weighted by atomic mass is 32.2. The number of nitrogens with zero attached hydrogens (tertiary/aromatic N) is 1. The van der Waals surface area contributed by atoms with E-state index in [0.717, 1.165) is 5.56 Å². The Hall–Kier alpha value is -1.51. The van der Waals surface area contributed by atoms with E-state index in [-0.39, 0.29) is 15.6 Å². The first-order chi connectivity index (χ1) is 8.99. The molecule has 0 saturated carbocycles. The van der Waals surface area contributed by atoms with Crippen LogP contribution in [0.2, 0.25) is 0 Å². The van der Waals surface area contributed by atoms with Crippen molar-refractivity contribution < 1.29 is 8.42 Å². The van der Waals surface area contributed by atoms with Gasteiger partial charge in [0.15, 0.2) is 4.21 Å². The highest BCUT2D eigenvalue weighted by Crippen LogP contribution is 2.15. The molecule has 2 N–H and O–H groups in total. The number of aromatic nitrogens is 2. The number of aromatic amines is 1. The maximum atomic E-state index is 12.0. The fourth-order valence-corrected chi connectivity index (χ4v) is 3.96. The SMILES string of the molecule is Cc1[nH]c(=O)sc1S(=O)(=O)NCCc1cccnc1. The first kappa shape index (κ1) is 13.9. The van der Waals surface area contributed by atoms with Crippen molar-refractivity contribution in [2.24, 2.45) is 0 Å². The second-order valence-corrected chi connectivity index (χ2v) is 6.88. The van der Waals surface area contributed by atoms with Crippen LogP contribution in [0.5, 0.6) is 0 Å². The van der Waals surface area contributed by atoms with Crippen molar-refractivity contribution in [2.75, 3.05) is 6.54 Å². The van der Waals surface area contributed by atoms with Gasteiger partial charge in [0, 0.05) is 24.6 Å². The number of thiazole rings is 1. The second kappa shape index (κ2) is 5.64. The first-order valence-corrected chi connectivity index (χ1v) is 7.87. The average molecular weight is 299 g/mol. The van der Waals surface area contributed by atoms with Gasteiger partial charge < -0.3 is 4.98 Å². The Morgan fingerprint density at radius 3 is 2.84 bits per heavy atom. The zero-order valence-corrected chi connectivity index (χ0v) is 11.8. The molecule has 0 unspecified atom stereocenters. The van der Waals surface area contributed by atoms with Gasteiger partial charge in [-0.2, -0.15) is 0 Å². The van der Waals surface area contributed by atoms with Crippen LogP contribution >= 0.6 is 11.3 Å². The van der Waals surface area contributed by atoms with Gasteiger partial charge >= 0.3 is 4.87 Å². The van der Waals surface area contributed by atoms with Crippen molar-refractivity contribution in [3.05, 3.63) is 45.5 Å². The monoisotopic (exact) mass is 299 g/mol. The summed E-state index contributed by atoms with van der Waals surface area (Å²) in [6, 6.07) is 3.67. The van der Waals surface area contributed by atoms with Gasteiger partial charge in [-0.15, -0.1) is 0 Å². The van der Waals surface area contributed by atoms with E-state index < -0.39 is 10.0 Å². The third kappa shape index (κ3) is 3.49. The van der Waals surface area contributed by atoms with E-state index >= 15 is 0 Å². The van der Waals surface area contributed by atoms with Crippen molar-refractivity contribution >= 4 is 21.4 Å².